The molecule has 0 unspecified atom stereocenters. The molecule has 0 atom stereocenters. The summed E-state index contributed by atoms with van der Waals surface area (Å²) in [7, 11) is 1.55. The number of carbonyl (C=O) groups is 1. The lowest BCUT2D eigenvalue weighted by atomic mass is 10.1. The van der Waals surface area contributed by atoms with E-state index in [9.17, 15) is 9.18 Å². The molecule has 1 aliphatic rings. The summed E-state index contributed by atoms with van der Waals surface area (Å²) >= 11 is 5.95. The Balaban J connectivity index is 1.82. The predicted molar refractivity (Wildman–Crippen MR) is 95.2 cm³/mol. The maximum absolute atomic E-state index is 13.9. The zero-order chi connectivity index (χ0) is 17.8. The van der Waals surface area contributed by atoms with Gasteiger partial charge in [0, 0.05) is 5.56 Å². The van der Waals surface area contributed by atoms with Gasteiger partial charge in [-0.05, 0) is 56.0 Å². The topological polar surface area (TPSA) is 47.6 Å². The van der Waals surface area contributed by atoms with E-state index in [1.165, 1.54) is 18.2 Å². The fourth-order valence-corrected chi connectivity index (χ4v) is 3.11. The number of anilines is 1. The average Bonchev–Trinajstić information content (AvgIpc) is 3.11. The predicted octanol–water partition coefficient (Wildman–Crippen LogP) is 5.06. The summed E-state index contributed by atoms with van der Waals surface area (Å²) < 4.78 is 25.1. The first-order valence-electron chi connectivity index (χ1n) is 8.18. The Morgan fingerprint density at radius 3 is 2.64 bits per heavy atom. The number of methoxy groups -OCH3 is 1. The van der Waals surface area contributed by atoms with Crippen molar-refractivity contribution in [2.75, 3.05) is 12.4 Å². The molecule has 132 valence electrons. The number of rotatable bonds is 5. The molecule has 2 aromatic carbocycles. The molecule has 4 nitrogen and oxygen atoms in total. The molecule has 0 aromatic heterocycles. The van der Waals surface area contributed by atoms with Crippen molar-refractivity contribution in [2.24, 2.45) is 0 Å². The molecule has 0 saturated heterocycles. The van der Waals surface area contributed by atoms with E-state index in [1.807, 2.05) is 0 Å². The van der Waals surface area contributed by atoms with Crippen molar-refractivity contribution in [1.29, 1.82) is 0 Å². The molecule has 0 spiro atoms. The molecular weight excluding hydrogens is 345 g/mol. The van der Waals surface area contributed by atoms with E-state index in [-0.39, 0.29) is 16.8 Å². The molecule has 0 bridgehead atoms. The highest BCUT2D eigenvalue weighted by Crippen LogP contribution is 2.33. The van der Waals surface area contributed by atoms with Crippen molar-refractivity contribution in [2.45, 2.75) is 31.8 Å². The number of benzene rings is 2. The molecule has 0 heterocycles. The number of carbonyl (C=O) groups excluding carboxylic acids is 1. The summed E-state index contributed by atoms with van der Waals surface area (Å²) in [6.07, 6.45) is 4.39. The number of hydrogen-bond acceptors (Lipinski definition) is 3. The second-order valence-corrected chi connectivity index (χ2v) is 6.35. The van der Waals surface area contributed by atoms with Gasteiger partial charge in [-0.1, -0.05) is 17.7 Å². The molecule has 0 aliphatic heterocycles. The molecule has 25 heavy (non-hydrogen) atoms. The molecule has 0 radical (unpaired) electrons. The smallest absolute Gasteiger partial charge is 0.255 e. The second-order valence-electron chi connectivity index (χ2n) is 5.94. The lowest BCUT2D eigenvalue weighted by Crippen LogP contribution is -2.15. The van der Waals surface area contributed by atoms with Crippen LogP contribution in [0.5, 0.6) is 11.5 Å². The zero-order valence-corrected chi connectivity index (χ0v) is 14.6. The Morgan fingerprint density at radius 1 is 1.20 bits per heavy atom. The second kappa shape index (κ2) is 7.74. The van der Waals surface area contributed by atoms with E-state index in [0.29, 0.717) is 17.1 Å². The molecule has 1 aliphatic carbocycles. The van der Waals surface area contributed by atoms with Crippen LogP contribution in [0.15, 0.2) is 36.4 Å². The number of halogens is 2. The van der Waals surface area contributed by atoms with Crippen LogP contribution >= 0.6 is 11.6 Å². The summed E-state index contributed by atoms with van der Waals surface area (Å²) in [4.78, 5) is 12.5. The number of para-hydroxylation sites is 1. The highest BCUT2D eigenvalue weighted by molar-refractivity contribution is 6.34. The quantitative estimate of drug-likeness (QED) is 0.807. The van der Waals surface area contributed by atoms with E-state index < -0.39 is 11.7 Å². The summed E-state index contributed by atoms with van der Waals surface area (Å²) in [5.74, 6) is 0.0248. The third-order valence-corrected chi connectivity index (χ3v) is 4.54. The first-order chi connectivity index (χ1) is 12.1. The van der Waals surface area contributed by atoms with E-state index in [1.54, 1.807) is 25.3 Å². The minimum Gasteiger partial charge on any atom is -0.493 e. The molecule has 1 fully saturated rings. The molecule has 1 amide bonds. The van der Waals surface area contributed by atoms with Gasteiger partial charge in [0.25, 0.3) is 5.91 Å². The van der Waals surface area contributed by atoms with Gasteiger partial charge in [-0.15, -0.1) is 0 Å². The maximum Gasteiger partial charge on any atom is 0.255 e. The Bertz CT molecular complexity index is 755. The fraction of sp³-hybridized carbons (Fsp3) is 0.316. The van der Waals surface area contributed by atoms with Crippen LogP contribution in [0.1, 0.15) is 36.0 Å². The maximum atomic E-state index is 13.9. The monoisotopic (exact) mass is 363 g/mol. The molecule has 3 rings (SSSR count). The van der Waals surface area contributed by atoms with Crippen LogP contribution in [-0.4, -0.2) is 19.1 Å². The van der Waals surface area contributed by atoms with Crippen LogP contribution in [0.4, 0.5) is 10.1 Å². The minimum atomic E-state index is -0.586. The summed E-state index contributed by atoms with van der Waals surface area (Å²) in [5, 5.41) is 2.65. The molecule has 1 N–H and O–H groups in total. The highest BCUT2D eigenvalue weighted by Gasteiger charge is 2.20. The van der Waals surface area contributed by atoms with Crippen molar-refractivity contribution in [1.82, 2.24) is 0 Å². The van der Waals surface area contributed by atoms with Gasteiger partial charge in [0.05, 0.1) is 23.9 Å². The van der Waals surface area contributed by atoms with Gasteiger partial charge in [0.2, 0.25) is 0 Å². The number of ether oxygens (including phenoxy) is 2. The number of nitrogens with one attached hydrogen (secondary N) is 1. The standard InChI is InChI=1S/C19H19ClFNO3/c1-24-16-10-9-12(11-17(16)25-13-5-2-3-6-13)19(23)22-18-14(20)7-4-8-15(18)21/h4,7-11,13H,2-3,5-6H2,1H3,(H,22,23). The van der Waals surface area contributed by atoms with Crippen LogP contribution in [0.3, 0.4) is 0 Å². The molecule has 2 aromatic rings. The summed E-state index contributed by atoms with van der Waals surface area (Å²) in [6, 6.07) is 9.12. The van der Waals surface area contributed by atoms with Crippen molar-refractivity contribution < 1.29 is 18.7 Å². The lowest BCUT2D eigenvalue weighted by molar-refractivity contribution is 0.102. The van der Waals surface area contributed by atoms with Gasteiger partial charge in [-0.3, -0.25) is 4.79 Å². The third kappa shape index (κ3) is 4.04. The zero-order valence-electron chi connectivity index (χ0n) is 13.9. The summed E-state index contributed by atoms with van der Waals surface area (Å²) in [5.41, 5.74) is 0.302. The van der Waals surface area contributed by atoms with Gasteiger partial charge in [-0.2, -0.15) is 0 Å². The normalized spacial score (nSPS) is 14.4. The van der Waals surface area contributed by atoms with Crippen molar-refractivity contribution >= 4 is 23.2 Å². The number of amides is 1. The van der Waals surface area contributed by atoms with Gasteiger partial charge >= 0.3 is 0 Å². The van der Waals surface area contributed by atoms with Crippen LogP contribution < -0.4 is 14.8 Å². The van der Waals surface area contributed by atoms with E-state index in [0.717, 1.165) is 25.7 Å². The van der Waals surface area contributed by atoms with E-state index in [4.69, 9.17) is 21.1 Å². The fourth-order valence-electron chi connectivity index (χ4n) is 2.90. The average molecular weight is 364 g/mol. The first-order valence-corrected chi connectivity index (χ1v) is 8.56. The third-order valence-electron chi connectivity index (χ3n) is 4.22. The van der Waals surface area contributed by atoms with Crippen LogP contribution in [0.2, 0.25) is 5.02 Å². The number of hydrogen-bond donors (Lipinski definition) is 1. The largest absolute Gasteiger partial charge is 0.493 e. The minimum absolute atomic E-state index is 0.0387. The molecular formula is C19H19ClFNO3. The van der Waals surface area contributed by atoms with Crippen LogP contribution in [0, 0.1) is 5.82 Å². The van der Waals surface area contributed by atoms with Gasteiger partial charge in [-0.25, -0.2) is 4.39 Å². The summed E-state index contributed by atoms with van der Waals surface area (Å²) in [6.45, 7) is 0. The molecule has 1 saturated carbocycles. The SMILES string of the molecule is COc1ccc(C(=O)Nc2c(F)cccc2Cl)cc1OC1CCCC1. The molecule has 6 heteroatoms. The van der Waals surface area contributed by atoms with Gasteiger partial charge in [0.1, 0.15) is 5.82 Å². The first kappa shape index (κ1) is 17.5. The Kier molecular flexibility index (Phi) is 5.43. The van der Waals surface area contributed by atoms with Crippen molar-refractivity contribution in [3.63, 3.8) is 0 Å². The Labute approximate surface area is 150 Å². The van der Waals surface area contributed by atoms with Crippen molar-refractivity contribution in [3.05, 3.63) is 52.8 Å². The van der Waals surface area contributed by atoms with E-state index in [2.05, 4.69) is 5.32 Å². The van der Waals surface area contributed by atoms with Gasteiger partial charge < -0.3 is 14.8 Å². The Morgan fingerprint density at radius 2 is 1.96 bits per heavy atom. The van der Waals surface area contributed by atoms with Gasteiger partial charge in [0.15, 0.2) is 11.5 Å². The van der Waals surface area contributed by atoms with E-state index >= 15 is 0 Å². The van der Waals surface area contributed by atoms with Crippen LogP contribution in [-0.2, 0) is 0 Å². The van der Waals surface area contributed by atoms with Crippen molar-refractivity contribution in [3.8, 4) is 11.5 Å². The lowest BCUT2D eigenvalue weighted by Gasteiger charge is -2.17. The van der Waals surface area contributed by atoms with Crippen LogP contribution in [0.25, 0.3) is 0 Å². The highest BCUT2D eigenvalue weighted by atomic mass is 35.5. The Hall–Kier alpha value is -2.27.